The van der Waals surface area contributed by atoms with Crippen LogP contribution in [0.15, 0.2) is 46.9 Å². The monoisotopic (exact) mass is 546 g/mol. The van der Waals surface area contributed by atoms with Crippen LogP contribution < -0.4 is 9.62 Å². The number of hydrogen-bond acceptors (Lipinski definition) is 4. The molecule has 6 nitrogen and oxygen atoms in total. The molecule has 35 heavy (non-hydrogen) atoms. The molecule has 2 N–H and O–H groups in total. The molecule has 0 amide bonds. The van der Waals surface area contributed by atoms with E-state index in [0.717, 1.165) is 47.7 Å². The molecule has 0 saturated carbocycles. The van der Waals surface area contributed by atoms with Gasteiger partial charge >= 0.3 is 0 Å². The molecule has 2 rings (SSSR count). The molecule has 0 aliphatic rings. The number of aromatic nitrogens is 2. The lowest BCUT2D eigenvalue weighted by Crippen LogP contribution is -2.33. The van der Waals surface area contributed by atoms with Crippen molar-refractivity contribution in [3.8, 4) is 0 Å². The van der Waals surface area contributed by atoms with Crippen molar-refractivity contribution in [3.05, 3.63) is 42.0 Å². The summed E-state index contributed by atoms with van der Waals surface area (Å²) in [6.45, 7) is 21.1. The minimum Gasteiger partial charge on any atom is -0.355 e. The zero-order valence-electron chi connectivity index (χ0n) is 22.5. The Bertz CT molecular complexity index is 1010. The Morgan fingerprint density at radius 1 is 1.17 bits per heavy atom. The van der Waals surface area contributed by atoms with E-state index in [1.54, 1.807) is 24.3 Å². The van der Waals surface area contributed by atoms with Gasteiger partial charge in [-0.05, 0) is 64.7 Å². The van der Waals surface area contributed by atoms with Crippen LogP contribution in [0, 0.1) is 5.92 Å². The first-order valence-corrected chi connectivity index (χ1v) is 14.5. The lowest BCUT2D eigenvalue weighted by atomic mass is 10.2. The molecular formula is C26H44Cl2N4O2S. The first-order valence-electron chi connectivity index (χ1n) is 12.3. The Hall–Kier alpha value is -1.54. The Morgan fingerprint density at radius 2 is 1.71 bits per heavy atom. The second-order valence-electron chi connectivity index (χ2n) is 8.30. The standard InChI is InChI=1S/C16H26N4O2S.C6H11Cl.C4H7Cl/c1-5-12(6-2)19-23(21,22)13-9-10-15-14(11-13)16(18-17-15)20(7-3)8-4;1-4-6(7)5(2)3;1-3-4(2)5/h9-12,19H,5-8H2,1-4H3,(H,17,18);4-5H,1-3H3;3-4H,1H2,2H3/b;6-4+;. The van der Waals surface area contributed by atoms with E-state index in [2.05, 4.69) is 54.1 Å². The molecule has 0 aliphatic carbocycles. The van der Waals surface area contributed by atoms with Gasteiger partial charge in [-0.25, -0.2) is 13.1 Å². The molecule has 1 unspecified atom stereocenters. The number of hydrogen-bond donors (Lipinski definition) is 2. The molecule has 2 aromatic rings. The van der Waals surface area contributed by atoms with Gasteiger partial charge in [0.25, 0.3) is 0 Å². The van der Waals surface area contributed by atoms with Crippen LogP contribution >= 0.6 is 23.2 Å². The van der Waals surface area contributed by atoms with Crippen LogP contribution in [0.2, 0.25) is 0 Å². The van der Waals surface area contributed by atoms with Crippen LogP contribution in [-0.4, -0.2) is 43.1 Å². The molecule has 200 valence electrons. The lowest BCUT2D eigenvalue weighted by Gasteiger charge is -2.18. The normalized spacial score (nSPS) is 12.6. The van der Waals surface area contributed by atoms with Gasteiger partial charge < -0.3 is 4.90 Å². The fourth-order valence-electron chi connectivity index (χ4n) is 2.99. The second kappa shape index (κ2) is 17.0. The highest BCUT2D eigenvalue weighted by atomic mass is 35.5. The zero-order chi connectivity index (χ0) is 27.2. The maximum atomic E-state index is 12.6. The summed E-state index contributed by atoms with van der Waals surface area (Å²) in [7, 11) is -3.52. The van der Waals surface area contributed by atoms with Crippen molar-refractivity contribution in [1.82, 2.24) is 14.9 Å². The van der Waals surface area contributed by atoms with E-state index >= 15 is 0 Å². The minimum atomic E-state index is -3.52. The number of H-pyrrole nitrogens is 1. The van der Waals surface area contributed by atoms with E-state index < -0.39 is 10.0 Å². The Morgan fingerprint density at radius 3 is 2.09 bits per heavy atom. The predicted octanol–water partition coefficient (Wildman–Crippen LogP) is 7.46. The number of alkyl halides is 1. The van der Waals surface area contributed by atoms with Gasteiger partial charge in [0.15, 0.2) is 5.82 Å². The number of allylic oxidation sites excluding steroid dienone is 3. The van der Waals surface area contributed by atoms with E-state index in [9.17, 15) is 8.42 Å². The molecule has 1 aromatic carbocycles. The van der Waals surface area contributed by atoms with Crippen molar-refractivity contribution in [2.45, 2.75) is 84.5 Å². The maximum absolute atomic E-state index is 12.6. The highest BCUT2D eigenvalue weighted by Crippen LogP contribution is 2.26. The summed E-state index contributed by atoms with van der Waals surface area (Å²) in [5, 5.41) is 9.21. The first-order chi connectivity index (χ1) is 16.4. The quantitative estimate of drug-likeness (QED) is 0.239. The van der Waals surface area contributed by atoms with Crippen molar-refractivity contribution < 1.29 is 8.42 Å². The number of sulfonamides is 1. The number of nitrogens with zero attached hydrogens (tertiary/aromatic N) is 2. The van der Waals surface area contributed by atoms with E-state index in [4.69, 9.17) is 23.2 Å². The zero-order valence-corrected chi connectivity index (χ0v) is 24.9. The van der Waals surface area contributed by atoms with Gasteiger partial charge in [-0.1, -0.05) is 51.4 Å². The van der Waals surface area contributed by atoms with Crippen LogP contribution in [0.1, 0.15) is 68.2 Å². The highest BCUT2D eigenvalue weighted by Gasteiger charge is 2.20. The molecule has 0 saturated heterocycles. The van der Waals surface area contributed by atoms with Crippen molar-refractivity contribution in [2.75, 3.05) is 18.0 Å². The predicted molar refractivity (Wildman–Crippen MR) is 154 cm³/mol. The van der Waals surface area contributed by atoms with Crippen molar-refractivity contribution >= 4 is 49.9 Å². The molecular weight excluding hydrogens is 503 g/mol. The van der Waals surface area contributed by atoms with Gasteiger partial charge in [0.2, 0.25) is 10.0 Å². The number of halogens is 2. The summed E-state index contributed by atoms with van der Waals surface area (Å²) in [5.74, 6) is 1.29. The van der Waals surface area contributed by atoms with Gasteiger partial charge in [-0.2, -0.15) is 5.10 Å². The third kappa shape index (κ3) is 11.4. The topological polar surface area (TPSA) is 78.1 Å². The van der Waals surface area contributed by atoms with E-state index in [1.807, 2.05) is 33.8 Å². The summed E-state index contributed by atoms with van der Waals surface area (Å²) in [5.41, 5.74) is 0.841. The second-order valence-corrected chi connectivity index (χ2v) is 11.1. The molecule has 0 aliphatic heterocycles. The van der Waals surface area contributed by atoms with Gasteiger partial charge in [0.05, 0.1) is 10.4 Å². The van der Waals surface area contributed by atoms with Crippen molar-refractivity contribution in [1.29, 1.82) is 0 Å². The van der Waals surface area contributed by atoms with Crippen LogP contribution in [0.4, 0.5) is 5.82 Å². The largest absolute Gasteiger partial charge is 0.355 e. The maximum Gasteiger partial charge on any atom is 0.240 e. The van der Waals surface area contributed by atoms with Gasteiger partial charge in [-0.15, -0.1) is 18.2 Å². The summed E-state index contributed by atoms with van der Waals surface area (Å²) >= 11 is 11.0. The third-order valence-electron chi connectivity index (χ3n) is 5.35. The average molecular weight is 548 g/mol. The summed E-state index contributed by atoms with van der Waals surface area (Å²) in [4.78, 5) is 2.38. The average Bonchev–Trinajstić information content (AvgIpc) is 3.26. The number of benzene rings is 1. The minimum absolute atomic E-state index is 0.0395. The van der Waals surface area contributed by atoms with E-state index in [0.29, 0.717) is 5.92 Å². The fourth-order valence-corrected chi connectivity index (χ4v) is 4.42. The van der Waals surface area contributed by atoms with Gasteiger partial charge in [0.1, 0.15) is 0 Å². The summed E-state index contributed by atoms with van der Waals surface area (Å²) in [6.07, 6.45) is 5.15. The third-order valence-corrected chi connectivity index (χ3v) is 7.70. The van der Waals surface area contributed by atoms with Crippen LogP contribution in [0.25, 0.3) is 10.9 Å². The van der Waals surface area contributed by atoms with E-state index in [1.165, 1.54) is 0 Å². The smallest absolute Gasteiger partial charge is 0.240 e. The Kier molecular flexibility index (Phi) is 16.3. The molecule has 1 atom stereocenters. The van der Waals surface area contributed by atoms with Crippen LogP contribution in [0.5, 0.6) is 0 Å². The number of aromatic amines is 1. The molecule has 9 heteroatoms. The molecule has 1 aromatic heterocycles. The highest BCUT2D eigenvalue weighted by molar-refractivity contribution is 7.89. The Labute approximate surface area is 223 Å². The van der Waals surface area contributed by atoms with Crippen molar-refractivity contribution in [2.24, 2.45) is 5.92 Å². The number of fused-ring (bicyclic) bond motifs is 1. The molecule has 0 fully saturated rings. The van der Waals surface area contributed by atoms with Crippen LogP contribution in [-0.2, 0) is 10.0 Å². The summed E-state index contributed by atoms with van der Waals surface area (Å²) in [6, 6.07) is 5.06. The van der Waals surface area contributed by atoms with E-state index in [-0.39, 0.29) is 16.3 Å². The van der Waals surface area contributed by atoms with Crippen LogP contribution in [0.3, 0.4) is 0 Å². The van der Waals surface area contributed by atoms with Gasteiger partial charge in [-0.3, -0.25) is 5.10 Å². The first kappa shape index (κ1) is 33.5. The Balaban J connectivity index is 0.000000798. The summed E-state index contributed by atoms with van der Waals surface area (Å²) < 4.78 is 28.0. The van der Waals surface area contributed by atoms with Crippen molar-refractivity contribution in [3.63, 3.8) is 0 Å². The number of anilines is 1. The molecule has 0 radical (unpaired) electrons. The number of rotatable bonds is 10. The fraction of sp³-hybridized carbons (Fsp3) is 0.577. The van der Waals surface area contributed by atoms with Gasteiger partial charge in [0, 0.05) is 34.9 Å². The molecule has 1 heterocycles. The lowest BCUT2D eigenvalue weighted by molar-refractivity contribution is 0.530. The number of nitrogens with one attached hydrogen (secondary N) is 2. The molecule has 0 bridgehead atoms. The SMILES string of the molecule is C/C=C(/Cl)C(C)C.C=CC(C)Cl.CCC(CC)NS(=O)(=O)c1ccc2[nH]nc(N(CC)CC)c2c1. The molecule has 0 spiro atoms.